The van der Waals surface area contributed by atoms with Crippen molar-refractivity contribution in [2.24, 2.45) is 0 Å². The van der Waals surface area contributed by atoms with E-state index in [0.29, 0.717) is 49.8 Å². The Hall–Kier alpha value is -2.72. The van der Waals surface area contributed by atoms with E-state index in [1.54, 1.807) is 34.1 Å². The Morgan fingerprint density at radius 2 is 1.65 bits per heavy atom. The van der Waals surface area contributed by atoms with Crippen molar-refractivity contribution >= 4 is 21.6 Å². The van der Waals surface area contributed by atoms with Crippen LogP contribution >= 0.6 is 0 Å². The van der Waals surface area contributed by atoms with Gasteiger partial charge < -0.3 is 9.64 Å². The van der Waals surface area contributed by atoms with Gasteiger partial charge in [-0.3, -0.25) is 14.4 Å². The Morgan fingerprint density at radius 1 is 1.03 bits per heavy atom. The molecule has 2 aromatic rings. The van der Waals surface area contributed by atoms with Crippen LogP contribution in [0.3, 0.4) is 0 Å². The number of benzene rings is 2. The zero-order valence-electron chi connectivity index (χ0n) is 17.1. The molecular weight excluding hydrogens is 428 g/mol. The molecular formula is C21H25F2N3O4S. The highest BCUT2D eigenvalue weighted by molar-refractivity contribution is 7.92. The Balaban J connectivity index is 1.61. The van der Waals surface area contributed by atoms with Crippen LogP contribution in [0.4, 0.5) is 14.5 Å². The zero-order chi connectivity index (χ0) is 22.4. The number of nitrogens with one attached hydrogen (secondary N) is 1. The number of sulfonamides is 1. The fourth-order valence-electron chi connectivity index (χ4n) is 3.29. The topological polar surface area (TPSA) is 78.9 Å². The lowest BCUT2D eigenvalue weighted by atomic mass is 10.2. The van der Waals surface area contributed by atoms with E-state index in [-0.39, 0.29) is 17.3 Å². The van der Waals surface area contributed by atoms with E-state index in [4.69, 9.17) is 4.74 Å². The third-order valence-electron chi connectivity index (χ3n) is 4.88. The van der Waals surface area contributed by atoms with Crippen molar-refractivity contribution in [2.75, 3.05) is 44.1 Å². The average Bonchev–Trinajstić information content (AvgIpc) is 2.75. The predicted octanol–water partition coefficient (Wildman–Crippen LogP) is 2.91. The quantitative estimate of drug-likeness (QED) is 0.665. The molecule has 10 heteroatoms. The lowest BCUT2D eigenvalue weighted by Gasteiger charge is -2.34. The molecule has 31 heavy (non-hydrogen) atoms. The number of anilines is 1. The number of ether oxygens (including phenoxy) is 1. The van der Waals surface area contributed by atoms with Crippen molar-refractivity contribution in [1.29, 1.82) is 0 Å². The molecule has 0 radical (unpaired) electrons. The third-order valence-corrected chi connectivity index (χ3v) is 6.28. The number of carbonyl (C=O) groups is 1. The maximum Gasteiger partial charge on any atom is 0.261 e. The number of halogens is 2. The van der Waals surface area contributed by atoms with Crippen LogP contribution in [0.2, 0.25) is 0 Å². The molecule has 0 unspecified atom stereocenters. The first kappa shape index (κ1) is 23.0. The van der Waals surface area contributed by atoms with E-state index in [1.165, 1.54) is 24.3 Å². The molecule has 1 heterocycles. The van der Waals surface area contributed by atoms with E-state index in [1.807, 2.05) is 6.92 Å². The summed E-state index contributed by atoms with van der Waals surface area (Å²) in [4.78, 5) is 15.9. The molecule has 0 bridgehead atoms. The molecule has 0 atom stereocenters. The summed E-state index contributed by atoms with van der Waals surface area (Å²) in [5.41, 5.74) is 0.743. The number of nitrogens with zero attached hydrogens (tertiary/aromatic N) is 2. The minimum Gasteiger partial charge on any atom is -0.494 e. The summed E-state index contributed by atoms with van der Waals surface area (Å²) in [6.07, 6.45) is -2.40. The van der Waals surface area contributed by atoms with Crippen molar-refractivity contribution in [2.45, 2.75) is 18.2 Å². The summed E-state index contributed by atoms with van der Waals surface area (Å²) in [5.74, 6) is 0.392. The van der Waals surface area contributed by atoms with Gasteiger partial charge in [0, 0.05) is 37.4 Å². The highest BCUT2D eigenvalue weighted by Gasteiger charge is 2.24. The lowest BCUT2D eigenvalue weighted by molar-refractivity contribution is 0.0459. The summed E-state index contributed by atoms with van der Waals surface area (Å²) >= 11 is 0. The normalized spacial score (nSPS) is 15.2. The molecule has 1 fully saturated rings. The van der Waals surface area contributed by atoms with Gasteiger partial charge in [-0.25, -0.2) is 17.2 Å². The number of amides is 1. The molecule has 0 spiro atoms. The summed E-state index contributed by atoms with van der Waals surface area (Å²) in [5, 5.41) is 0. The van der Waals surface area contributed by atoms with Gasteiger partial charge in [0.1, 0.15) is 5.75 Å². The Kier molecular flexibility index (Phi) is 7.45. The number of hydrogen-bond donors (Lipinski definition) is 1. The number of rotatable bonds is 8. The van der Waals surface area contributed by atoms with Gasteiger partial charge in [0.05, 0.1) is 18.0 Å². The van der Waals surface area contributed by atoms with Gasteiger partial charge in [0.2, 0.25) is 0 Å². The van der Waals surface area contributed by atoms with E-state index in [2.05, 4.69) is 4.72 Å². The molecule has 0 aliphatic carbocycles. The molecule has 2 aromatic carbocycles. The maximum absolute atomic E-state index is 12.6. The largest absolute Gasteiger partial charge is 0.494 e. The Labute approximate surface area is 180 Å². The molecule has 7 nitrogen and oxygen atoms in total. The van der Waals surface area contributed by atoms with Gasteiger partial charge in [-0.05, 0) is 55.5 Å². The first-order valence-electron chi connectivity index (χ1n) is 9.94. The van der Waals surface area contributed by atoms with Crippen LogP contribution < -0.4 is 9.46 Å². The van der Waals surface area contributed by atoms with E-state index < -0.39 is 16.4 Å². The van der Waals surface area contributed by atoms with Gasteiger partial charge >= 0.3 is 0 Å². The zero-order valence-corrected chi connectivity index (χ0v) is 17.9. The van der Waals surface area contributed by atoms with Crippen LogP contribution in [0.25, 0.3) is 0 Å². The van der Waals surface area contributed by atoms with Crippen molar-refractivity contribution in [3.05, 3.63) is 54.1 Å². The van der Waals surface area contributed by atoms with Crippen LogP contribution in [-0.4, -0.2) is 69.9 Å². The predicted molar refractivity (Wildman–Crippen MR) is 113 cm³/mol. The average molecular weight is 454 g/mol. The fraction of sp³-hybridized carbons (Fsp3) is 0.381. The number of hydrogen-bond acceptors (Lipinski definition) is 5. The van der Waals surface area contributed by atoms with Crippen LogP contribution in [0.5, 0.6) is 5.75 Å². The molecule has 0 aromatic heterocycles. The number of piperazine rings is 1. The lowest BCUT2D eigenvalue weighted by Crippen LogP contribution is -2.49. The smallest absolute Gasteiger partial charge is 0.261 e. The Bertz CT molecular complexity index is 975. The second-order valence-electron chi connectivity index (χ2n) is 7.07. The number of alkyl halides is 2. The molecule has 168 valence electrons. The van der Waals surface area contributed by atoms with E-state index in [0.717, 1.165) is 0 Å². The standard InChI is InChI=1S/C21H25F2N3O4S/c1-2-30-18-7-5-17(6-8-18)24-31(28,29)19-9-3-16(4-10-19)21(27)26-13-11-25(12-14-26)15-20(22)23/h3-10,20,24H,2,11-15H2,1H3. The molecule has 1 amide bonds. The molecule has 0 saturated carbocycles. The van der Waals surface area contributed by atoms with Gasteiger partial charge in [-0.15, -0.1) is 0 Å². The summed E-state index contributed by atoms with van der Waals surface area (Å²) in [7, 11) is -3.82. The van der Waals surface area contributed by atoms with Crippen molar-refractivity contribution < 1.29 is 26.7 Å². The summed E-state index contributed by atoms with van der Waals surface area (Å²) in [6.45, 7) is 3.55. The van der Waals surface area contributed by atoms with Gasteiger partial charge in [-0.2, -0.15) is 0 Å². The van der Waals surface area contributed by atoms with Crippen LogP contribution in [0.1, 0.15) is 17.3 Å². The van der Waals surface area contributed by atoms with Gasteiger partial charge in [-0.1, -0.05) is 0 Å². The maximum atomic E-state index is 12.6. The first-order valence-corrected chi connectivity index (χ1v) is 11.4. The minimum atomic E-state index is -3.82. The molecule has 1 aliphatic heterocycles. The van der Waals surface area contributed by atoms with E-state index >= 15 is 0 Å². The summed E-state index contributed by atoms with van der Waals surface area (Å²) in [6, 6.07) is 12.2. The molecule has 1 saturated heterocycles. The molecule has 1 aliphatic rings. The minimum absolute atomic E-state index is 0.0275. The van der Waals surface area contributed by atoms with Crippen molar-refractivity contribution in [1.82, 2.24) is 9.80 Å². The summed E-state index contributed by atoms with van der Waals surface area (Å²) < 4.78 is 58.0. The van der Waals surface area contributed by atoms with Crippen molar-refractivity contribution in [3.63, 3.8) is 0 Å². The second kappa shape index (κ2) is 10.1. The van der Waals surface area contributed by atoms with Gasteiger partial charge in [0.25, 0.3) is 22.4 Å². The molecule has 3 rings (SSSR count). The van der Waals surface area contributed by atoms with E-state index in [9.17, 15) is 22.0 Å². The third kappa shape index (κ3) is 6.14. The fourth-order valence-corrected chi connectivity index (χ4v) is 4.35. The van der Waals surface area contributed by atoms with Crippen molar-refractivity contribution in [3.8, 4) is 5.75 Å². The molecule has 1 N–H and O–H groups in total. The Morgan fingerprint density at radius 3 is 2.19 bits per heavy atom. The first-order chi connectivity index (χ1) is 14.8. The highest BCUT2D eigenvalue weighted by Crippen LogP contribution is 2.20. The monoisotopic (exact) mass is 453 g/mol. The highest BCUT2D eigenvalue weighted by atomic mass is 32.2. The van der Waals surface area contributed by atoms with Crippen LogP contribution in [0, 0.1) is 0 Å². The number of carbonyl (C=O) groups excluding carboxylic acids is 1. The SMILES string of the molecule is CCOc1ccc(NS(=O)(=O)c2ccc(C(=O)N3CCN(CC(F)F)CC3)cc2)cc1. The van der Waals surface area contributed by atoms with Crippen LogP contribution in [0.15, 0.2) is 53.4 Å². The van der Waals surface area contributed by atoms with Crippen LogP contribution in [-0.2, 0) is 10.0 Å². The second-order valence-corrected chi connectivity index (χ2v) is 8.75. The van der Waals surface area contributed by atoms with Gasteiger partial charge in [0.15, 0.2) is 0 Å².